The van der Waals surface area contributed by atoms with Gasteiger partial charge in [-0.2, -0.15) is 0 Å². The number of benzene rings is 1. The molecule has 1 heterocycles. The van der Waals surface area contributed by atoms with Crippen LogP contribution in [0.3, 0.4) is 0 Å². The summed E-state index contributed by atoms with van der Waals surface area (Å²) in [5.41, 5.74) is 2.04. The van der Waals surface area contributed by atoms with Gasteiger partial charge in [-0.1, -0.05) is 32.0 Å². The SMILES string of the molecule is CC(Nc1ccccc1)[C@H]1CC[C@H]2[C@@H]3CCC4NC(=O)CC[C@]4(C)[C@H]3CC[C@]12C. The van der Waals surface area contributed by atoms with Gasteiger partial charge in [-0.15, -0.1) is 0 Å². The standard InChI is InChI=1S/C26H38N2O/c1-17(27-18-7-5-4-6-8-18)20-10-11-21-19-9-12-23-26(3,16-14-24(29)28-23)22(19)13-15-25(20,21)2/h4-8,17,19-23,27H,9-16H2,1-3H3,(H,28,29)/t17?,19-,20+,21-,22-,23?,25+,26+/m0/s1. The Morgan fingerprint density at radius 2 is 1.72 bits per heavy atom. The molecule has 8 atom stereocenters. The maximum absolute atomic E-state index is 12.0. The monoisotopic (exact) mass is 394 g/mol. The van der Waals surface area contributed by atoms with Gasteiger partial charge in [-0.05, 0) is 98.5 Å². The minimum Gasteiger partial charge on any atom is -0.382 e. The summed E-state index contributed by atoms with van der Waals surface area (Å²) in [7, 11) is 0. The quantitative estimate of drug-likeness (QED) is 0.698. The number of para-hydroxylation sites is 1. The zero-order valence-corrected chi connectivity index (χ0v) is 18.4. The lowest BCUT2D eigenvalue weighted by molar-refractivity contribution is -0.136. The van der Waals surface area contributed by atoms with Gasteiger partial charge in [0, 0.05) is 24.2 Å². The molecule has 0 spiro atoms. The molecule has 1 aliphatic heterocycles. The molecule has 1 aromatic carbocycles. The van der Waals surface area contributed by atoms with Crippen LogP contribution in [0.1, 0.15) is 72.1 Å². The number of amides is 1. The number of carbonyl (C=O) groups excluding carboxylic acids is 1. The first-order chi connectivity index (χ1) is 13.9. The Morgan fingerprint density at radius 3 is 2.52 bits per heavy atom. The molecule has 3 aliphatic carbocycles. The van der Waals surface area contributed by atoms with Crippen molar-refractivity contribution in [3.63, 3.8) is 0 Å². The average Bonchev–Trinajstić information content (AvgIpc) is 3.06. The van der Waals surface area contributed by atoms with E-state index in [4.69, 9.17) is 0 Å². The lowest BCUT2D eigenvalue weighted by Crippen LogP contribution is -2.61. The zero-order chi connectivity index (χ0) is 20.2. The molecule has 3 saturated carbocycles. The molecule has 2 N–H and O–H groups in total. The van der Waals surface area contributed by atoms with Crippen LogP contribution in [0.15, 0.2) is 30.3 Å². The number of fused-ring (bicyclic) bond motifs is 5. The Labute approximate surface area is 176 Å². The summed E-state index contributed by atoms with van der Waals surface area (Å²) in [6.07, 6.45) is 9.83. The number of hydrogen-bond donors (Lipinski definition) is 2. The van der Waals surface area contributed by atoms with E-state index in [0.29, 0.717) is 22.9 Å². The highest BCUT2D eigenvalue weighted by molar-refractivity contribution is 5.77. The molecule has 4 aliphatic rings. The number of nitrogens with one attached hydrogen (secondary N) is 2. The summed E-state index contributed by atoms with van der Waals surface area (Å²) in [6, 6.07) is 11.7. The molecular weight excluding hydrogens is 356 g/mol. The number of rotatable bonds is 3. The Bertz CT molecular complexity index is 763. The van der Waals surface area contributed by atoms with Crippen molar-refractivity contribution in [1.29, 1.82) is 0 Å². The van der Waals surface area contributed by atoms with Crippen LogP contribution in [0.4, 0.5) is 5.69 Å². The molecule has 0 radical (unpaired) electrons. The van der Waals surface area contributed by atoms with E-state index in [1.165, 1.54) is 44.2 Å². The van der Waals surface area contributed by atoms with E-state index < -0.39 is 0 Å². The van der Waals surface area contributed by atoms with E-state index in [9.17, 15) is 4.79 Å². The molecule has 5 rings (SSSR count). The molecule has 3 heteroatoms. The Balaban J connectivity index is 1.35. The fourth-order valence-electron chi connectivity index (χ4n) is 8.46. The van der Waals surface area contributed by atoms with Crippen molar-refractivity contribution in [3.05, 3.63) is 30.3 Å². The van der Waals surface area contributed by atoms with E-state index >= 15 is 0 Å². The van der Waals surface area contributed by atoms with Crippen LogP contribution >= 0.6 is 0 Å². The molecule has 2 unspecified atom stereocenters. The minimum absolute atomic E-state index is 0.285. The van der Waals surface area contributed by atoms with Crippen molar-refractivity contribution in [1.82, 2.24) is 5.32 Å². The highest BCUT2D eigenvalue weighted by Crippen LogP contribution is 2.66. The Kier molecular flexibility index (Phi) is 4.71. The molecule has 158 valence electrons. The number of piperidine rings is 1. The third-order valence-electron chi connectivity index (χ3n) is 9.94. The number of hydrogen-bond acceptors (Lipinski definition) is 2. The molecule has 29 heavy (non-hydrogen) atoms. The van der Waals surface area contributed by atoms with Gasteiger partial charge in [-0.3, -0.25) is 4.79 Å². The van der Waals surface area contributed by atoms with Crippen LogP contribution in [-0.2, 0) is 4.79 Å². The molecule has 0 aromatic heterocycles. The highest BCUT2D eigenvalue weighted by atomic mass is 16.1. The first kappa shape index (κ1) is 19.5. The van der Waals surface area contributed by atoms with Crippen molar-refractivity contribution in [3.8, 4) is 0 Å². The lowest BCUT2D eigenvalue weighted by atomic mass is 9.47. The molecular formula is C26H38N2O. The van der Waals surface area contributed by atoms with Gasteiger partial charge in [0.1, 0.15) is 0 Å². The second-order valence-electron chi connectivity index (χ2n) is 11.1. The Morgan fingerprint density at radius 1 is 0.966 bits per heavy atom. The lowest BCUT2D eigenvalue weighted by Gasteiger charge is -2.60. The zero-order valence-electron chi connectivity index (χ0n) is 18.4. The van der Waals surface area contributed by atoms with Crippen molar-refractivity contribution < 1.29 is 4.79 Å². The third-order valence-corrected chi connectivity index (χ3v) is 9.94. The van der Waals surface area contributed by atoms with Gasteiger partial charge in [0.15, 0.2) is 0 Å². The predicted octanol–water partition coefficient (Wildman–Crippen LogP) is 5.62. The summed E-state index contributed by atoms with van der Waals surface area (Å²) >= 11 is 0. The number of carbonyl (C=O) groups is 1. The highest BCUT2D eigenvalue weighted by Gasteiger charge is 2.60. The first-order valence-electron chi connectivity index (χ1n) is 12.0. The van der Waals surface area contributed by atoms with Crippen LogP contribution in [0.25, 0.3) is 0 Å². The van der Waals surface area contributed by atoms with Gasteiger partial charge in [-0.25, -0.2) is 0 Å². The molecule has 1 aromatic rings. The summed E-state index contributed by atoms with van der Waals surface area (Å²) in [5.74, 6) is 3.57. The van der Waals surface area contributed by atoms with Crippen LogP contribution in [0, 0.1) is 34.5 Å². The molecule has 3 nitrogen and oxygen atoms in total. The molecule has 4 fully saturated rings. The second-order valence-corrected chi connectivity index (χ2v) is 11.1. The summed E-state index contributed by atoms with van der Waals surface area (Å²) in [4.78, 5) is 12.0. The van der Waals surface area contributed by atoms with Crippen molar-refractivity contribution >= 4 is 11.6 Å². The maximum Gasteiger partial charge on any atom is 0.220 e. The molecule has 1 saturated heterocycles. The summed E-state index contributed by atoms with van der Waals surface area (Å²) in [5, 5.41) is 7.19. The van der Waals surface area contributed by atoms with E-state index in [1.807, 2.05) is 0 Å². The van der Waals surface area contributed by atoms with Crippen LogP contribution < -0.4 is 10.6 Å². The number of anilines is 1. The fourth-order valence-corrected chi connectivity index (χ4v) is 8.46. The van der Waals surface area contributed by atoms with E-state index in [0.717, 1.165) is 36.5 Å². The summed E-state index contributed by atoms with van der Waals surface area (Å²) < 4.78 is 0. The van der Waals surface area contributed by atoms with Gasteiger partial charge in [0.05, 0.1) is 0 Å². The predicted molar refractivity (Wildman–Crippen MR) is 119 cm³/mol. The normalized spacial score (nSPS) is 44.8. The van der Waals surface area contributed by atoms with Crippen LogP contribution in [-0.4, -0.2) is 18.0 Å². The van der Waals surface area contributed by atoms with E-state index in [2.05, 4.69) is 61.7 Å². The first-order valence-corrected chi connectivity index (χ1v) is 12.0. The van der Waals surface area contributed by atoms with Crippen molar-refractivity contribution in [2.24, 2.45) is 34.5 Å². The van der Waals surface area contributed by atoms with Crippen LogP contribution in [0.5, 0.6) is 0 Å². The maximum atomic E-state index is 12.0. The molecule has 1 amide bonds. The van der Waals surface area contributed by atoms with Gasteiger partial charge >= 0.3 is 0 Å². The van der Waals surface area contributed by atoms with Crippen molar-refractivity contribution in [2.45, 2.75) is 84.2 Å². The smallest absolute Gasteiger partial charge is 0.220 e. The third kappa shape index (κ3) is 3.02. The average molecular weight is 395 g/mol. The molecule has 0 bridgehead atoms. The van der Waals surface area contributed by atoms with Gasteiger partial charge in [0.2, 0.25) is 5.91 Å². The second kappa shape index (κ2) is 7.03. The van der Waals surface area contributed by atoms with E-state index in [-0.39, 0.29) is 5.91 Å². The van der Waals surface area contributed by atoms with Gasteiger partial charge < -0.3 is 10.6 Å². The largest absolute Gasteiger partial charge is 0.382 e. The van der Waals surface area contributed by atoms with E-state index in [1.54, 1.807) is 0 Å². The Hall–Kier alpha value is -1.51. The fraction of sp³-hybridized carbons (Fsp3) is 0.731. The van der Waals surface area contributed by atoms with Gasteiger partial charge in [0.25, 0.3) is 0 Å². The topological polar surface area (TPSA) is 41.1 Å². The van der Waals surface area contributed by atoms with Crippen LogP contribution in [0.2, 0.25) is 0 Å². The summed E-state index contributed by atoms with van der Waals surface area (Å²) in [6.45, 7) is 7.53. The van der Waals surface area contributed by atoms with Crippen molar-refractivity contribution in [2.75, 3.05) is 5.32 Å². The minimum atomic E-state index is 0.285.